The number of aryl methyl sites for hydroxylation is 2. The van der Waals surface area contributed by atoms with Gasteiger partial charge in [-0.25, -0.2) is 8.78 Å². The lowest BCUT2D eigenvalue weighted by Gasteiger charge is -2.27. The molecule has 0 saturated carbocycles. The van der Waals surface area contributed by atoms with Crippen LogP contribution in [0.1, 0.15) is 24.0 Å². The summed E-state index contributed by atoms with van der Waals surface area (Å²) in [6.45, 7) is 4.47. The standard InChI is InChI=1S/C21H23F2N3O2.ClH/c1-13-3-5-15(22)9-17(13)25-19(27)11-21(7-8-24-12-21)20(28)26-18-10-16(23)6-4-14(18)2;/h3-6,9-10,24H,7-8,11-12H2,1-2H3,(H,25,27)(H,26,28);1H. The molecule has 0 spiro atoms. The van der Waals surface area contributed by atoms with Crippen molar-refractivity contribution in [2.24, 2.45) is 5.41 Å². The van der Waals surface area contributed by atoms with Crippen LogP contribution in [-0.4, -0.2) is 24.9 Å². The Labute approximate surface area is 174 Å². The number of hydrogen-bond acceptors (Lipinski definition) is 3. The quantitative estimate of drug-likeness (QED) is 0.682. The van der Waals surface area contributed by atoms with Gasteiger partial charge in [-0.3, -0.25) is 9.59 Å². The third-order valence-electron chi connectivity index (χ3n) is 5.15. The average molecular weight is 424 g/mol. The second kappa shape index (κ2) is 9.33. The molecule has 2 aromatic carbocycles. The van der Waals surface area contributed by atoms with Gasteiger partial charge in [0.25, 0.3) is 0 Å². The summed E-state index contributed by atoms with van der Waals surface area (Å²) in [6, 6.07) is 8.33. The number of rotatable bonds is 5. The van der Waals surface area contributed by atoms with Gasteiger partial charge < -0.3 is 16.0 Å². The van der Waals surface area contributed by atoms with Gasteiger partial charge in [0, 0.05) is 24.3 Å². The van der Waals surface area contributed by atoms with Crippen LogP contribution in [0.25, 0.3) is 0 Å². The number of benzene rings is 2. The van der Waals surface area contributed by atoms with Crippen molar-refractivity contribution in [1.29, 1.82) is 0 Å². The summed E-state index contributed by atoms with van der Waals surface area (Å²) in [4.78, 5) is 25.6. The van der Waals surface area contributed by atoms with Crippen molar-refractivity contribution >= 4 is 35.6 Å². The third kappa shape index (κ3) is 5.31. The minimum Gasteiger partial charge on any atom is -0.326 e. The van der Waals surface area contributed by atoms with E-state index in [0.29, 0.717) is 30.9 Å². The van der Waals surface area contributed by atoms with E-state index in [-0.39, 0.29) is 30.6 Å². The van der Waals surface area contributed by atoms with E-state index < -0.39 is 17.0 Å². The maximum Gasteiger partial charge on any atom is 0.232 e. The largest absolute Gasteiger partial charge is 0.326 e. The first kappa shape index (κ1) is 22.8. The van der Waals surface area contributed by atoms with E-state index in [1.54, 1.807) is 26.0 Å². The van der Waals surface area contributed by atoms with Crippen LogP contribution >= 0.6 is 12.4 Å². The van der Waals surface area contributed by atoms with E-state index in [2.05, 4.69) is 16.0 Å². The van der Waals surface area contributed by atoms with Gasteiger partial charge in [0.05, 0.1) is 5.41 Å². The summed E-state index contributed by atoms with van der Waals surface area (Å²) >= 11 is 0. The lowest BCUT2D eigenvalue weighted by atomic mass is 9.82. The molecule has 1 unspecified atom stereocenters. The van der Waals surface area contributed by atoms with E-state index >= 15 is 0 Å². The second-order valence-electron chi connectivity index (χ2n) is 7.30. The van der Waals surface area contributed by atoms with Crippen LogP contribution < -0.4 is 16.0 Å². The molecule has 0 bridgehead atoms. The topological polar surface area (TPSA) is 70.2 Å². The van der Waals surface area contributed by atoms with Gasteiger partial charge >= 0.3 is 0 Å². The van der Waals surface area contributed by atoms with Crippen molar-refractivity contribution in [1.82, 2.24) is 5.32 Å². The Hall–Kier alpha value is -2.51. The summed E-state index contributed by atoms with van der Waals surface area (Å²) in [6.07, 6.45) is 0.416. The van der Waals surface area contributed by atoms with Crippen molar-refractivity contribution in [3.63, 3.8) is 0 Å². The van der Waals surface area contributed by atoms with Gasteiger partial charge in [-0.1, -0.05) is 12.1 Å². The van der Waals surface area contributed by atoms with Crippen molar-refractivity contribution in [3.05, 3.63) is 59.2 Å². The molecule has 1 atom stereocenters. The second-order valence-corrected chi connectivity index (χ2v) is 7.30. The molecule has 2 amide bonds. The summed E-state index contributed by atoms with van der Waals surface area (Å²) in [7, 11) is 0. The van der Waals surface area contributed by atoms with E-state index in [1.165, 1.54) is 24.3 Å². The van der Waals surface area contributed by atoms with Crippen LogP contribution in [-0.2, 0) is 9.59 Å². The third-order valence-corrected chi connectivity index (χ3v) is 5.15. The highest BCUT2D eigenvalue weighted by molar-refractivity contribution is 6.01. The fraction of sp³-hybridized carbons (Fsp3) is 0.333. The zero-order valence-corrected chi connectivity index (χ0v) is 17.1. The lowest BCUT2D eigenvalue weighted by molar-refractivity contribution is -0.129. The van der Waals surface area contributed by atoms with Crippen molar-refractivity contribution in [2.75, 3.05) is 23.7 Å². The summed E-state index contributed by atoms with van der Waals surface area (Å²) in [5.74, 6) is -1.60. The summed E-state index contributed by atoms with van der Waals surface area (Å²) in [5, 5.41) is 8.58. The number of anilines is 2. The van der Waals surface area contributed by atoms with Crippen LogP contribution in [0.15, 0.2) is 36.4 Å². The molecule has 2 aromatic rings. The highest BCUT2D eigenvalue weighted by Gasteiger charge is 2.43. The van der Waals surface area contributed by atoms with Crippen molar-refractivity contribution < 1.29 is 18.4 Å². The van der Waals surface area contributed by atoms with Gasteiger partial charge in [0.2, 0.25) is 11.8 Å². The minimum atomic E-state index is -0.954. The van der Waals surface area contributed by atoms with Crippen molar-refractivity contribution in [3.8, 4) is 0 Å². The fourth-order valence-electron chi connectivity index (χ4n) is 3.38. The molecule has 0 aromatic heterocycles. The fourth-order valence-corrected chi connectivity index (χ4v) is 3.38. The molecule has 1 aliphatic heterocycles. The molecular weight excluding hydrogens is 400 g/mol. The number of halogens is 3. The highest BCUT2D eigenvalue weighted by Crippen LogP contribution is 2.33. The molecular formula is C21H24ClF2N3O2. The van der Waals surface area contributed by atoms with E-state index in [1.807, 2.05) is 0 Å². The monoisotopic (exact) mass is 423 g/mol. The van der Waals surface area contributed by atoms with E-state index in [9.17, 15) is 18.4 Å². The number of carbonyl (C=O) groups is 2. The summed E-state index contributed by atoms with van der Waals surface area (Å²) in [5.41, 5.74) is 1.28. The van der Waals surface area contributed by atoms with Crippen molar-refractivity contribution in [2.45, 2.75) is 26.7 Å². The normalized spacial score (nSPS) is 18.1. The predicted octanol–water partition coefficient (Wildman–Crippen LogP) is 3.95. The Balaban J connectivity index is 0.00000300. The minimum absolute atomic E-state index is 0. The van der Waals surface area contributed by atoms with Crippen LogP contribution in [0.4, 0.5) is 20.2 Å². The Bertz CT molecular complexity index is 915. The van der Waals surface area contributed by atoms with Gasteiger partial charge in [0.1, 0.15) is 11.6 Å². The Kier molecular flexibility index (Phi) is 7.32. The zero-order chi connectivity index (χ0) is 20.3. The molecule has 8 heteroatoms. The molecule has 156 valence electrons. The average Bonchev–Trinajstić information content (AvgIpc) is 3.11. The molecule has 3 rings (SSSR count). The first-order valence-corrected chi connectivity index (χ1v) is 9.13. The molecule has 5 nitrogen and oxygen atoms in total. The van der Waals surface area contributed by atoms with Crippen LogP contribution in [0, 0.1) is 30.9 Å². The Morgan fingerprint density at radius 2 is 1.55 bits per heavy atom. The van der Waals surface area contributed by atoms with Gasteiger partial charge in [0.15, 0.2) is 0 Å². The molecule has 1 saturated heterocycles. The predicted molar refractivity (Wildman–Crippen MR) is 111 cm³/mol. The summed E-state index contributed by atoms with van der Waals surface area (Å²) < 4.78 is 27.0. The first-order chi connectivity index (χ1) is 13.3. The molecule has 1 heterocycles. The van der Waals surface area contributed by atoms with Crippen LogP contribution in [0.5, 0.6) is 0 Å². The molecule has 29 heavy (non-hydrogen) atoms. The number of hydrogen-bond donors (Lipinski definition) is 3. The number of nitrogens with one attached hydrogen (secondary N) is 3. The SMILES string of the molecule is Cc1ccc(F)cc1NC(=O)CC1(C(=O)Nc2cc(F)ccc2C)CCNC1.Cl. The maximum atomic E-state index is 13.5. The van der Waals surface area contributed by atoms with Gasteiger partial charge in [-0.2, -0.15) is 0 Å². The molecule has 1 fully saturated rings. The van der Waals surface area contributed by atoms with E-state index in [0.717, 1.165) is 11.1 Å². The van der Waals surface area contributed by atoms with Gasteiger partial charge in [-0.05, 0) is 62.2 Å². The maximum absolute atomic E-state index is 13.5. The lowest BCUT2D eigenvalue weighted by Crippen LogP contribution is -2.41. The zero-order valence-electron chi connectivity index (χ0n) is 16.3. The Morgan fingerprint density at radius 3 is 2.07 bits per heavy atom. The molecule has 0 aliphatic carbocycles. The Morgan fingerprint density at radius 1 is 1.00 bits per heavy atom. The molecule has 1 aliphatic rings. The molecule has 0 radical (unpaired) electrons. The highest BCUT2D eigenvalue weighted by atomic mass is 35.5. The molecule has 3 N–H and O–H groups in total. The number of amides is 2. The van der Waals surface area contributed by atoms with Crippen LogP contribution in [0.3, 0.4) is 0 Å². The smallest absolute Gasteiger partial charge is 0.232 e. The van der Waals surface area contributed by atoms with Gasteiger partial charge in [-0.15, -0.1) is 12.4 Å². The number of carbonyl (C=O) groups excluding carboxylic acids is 2. The first-order valence-electron chi connectivity index (χ1n) is 9.13. The van der Waals surface area contributed by atoms with E-state index in [4.69, 9.17) is 0 Å². The van der Waals surface area contributed by atoms with Crippen LogP contribution in [0.2, 0.25) is 0 Å².